The minimum atomic E-state index is -1.20. The Hall–Kier alpha value is -1.32. The van der Waals surface area contributed by atoms with E-state index in [9.17, 15) is 9.59 Å². The lowest BCUT2D eigenvalue weighted by atomic mass is 9.81. The Morgan fingerprint density at radius 3 is 1.94 bits per heavy atom. The molecule has 0 bridgehead atoms. The zero-order chi connectivity index (χ0) is 12.1. The van der Waals surface area contributed by atoms with Gasteiger partial charge in [0.2, 0.25) is 0 Å². The van der Waals surface area contributed by atoms with Crippen LogP contribution in [0.3, 0.4) is 0 Å². The first-order valence-electron chi connectivity index (χ1n) is 5.69. The van der Waals surface area contributed by atoms with Crippen LogP contribution in [0.15, 0.2) is 12.2 Å². The summed E-state index contributed by atoms with van der Waals surface area (Å²) < 4.78 is 0. The fourth-order valence-corrected chi connectivity index (χ4v) is 2.41. The van der Waals surface area contributed by atoms with E-state index in [1.807, 2.05) is 0 Å². The third-order valence-electron chi connectivity index (χ3n) is 3.29. The molecule has 1 aliphatic rings. The average molecular weight is 226 g/mol. The molecule has 0 aliphatic heterocycles. The predicted molar refractivity (Wildman–Crippen MR) is 59.1 cm³/mol. The van der Waals surface area contributed by atoms with Crippen molar-refractivity contribution in [3.05, 3.63) is 12.2 Å². The van der Waals surface area contributed by atoms with Crippen molar-refractivity contribution >= 4 is 11.9 Å². The summed E-state index contributed by atoms with van der Waals surface area (Å²) in [7, 11) is 0. The summed E-state index contributed by atoms with van der Waals surface area (Å²) in [6.07, 6.45) is 5.79. The molecule has 0 amide bonds. The molecule has 16 heavy (non-hydrogen) atoms. The second-order valence-electron chi connectivity index (χ2n) is 4.40. The maximum atomic E-state index is 11.1. The molecule has 4 nitrogen and oxygen atoms in total. The van der Waals surface area contributed by atoms with Gasteiger partial charge in [0.05, 0.1) is 5.92 Å². The number of rotatable bonds is 4. The molecule has 0 radical (unpaired) electrons. The van der Waals surface area contributed by atoms with Crippen LogP contribution in [0.4, 0.5) is 0 Å². The second-order valence-corrected chi connectivity index (χ2v) is 4.40. The van der Waals surface area contributed by atoms with Crippen molar-refractivity contribution in [2.75, 3.05) is 0 Å². The molecule has 2 N–H and O–H groups in total. The Balaban J connectivity index is 2.79. The molecule has 1 rings (SSSR count). The zero-order valence-corrected chi connectivity index (χ0v) is 9.32. The quantitative estimate of drug-likeness (QED) is 0.569. The van der Waals surface area contributed by atoms with Gasteiger partial charge in [0.1, 0.15) is 0 Å². The molecule has 1 unspecified atom stereocenters. The van der Waals surface area contributed by atoms with Crippen LogP contribution in [0, 0.1) is 11.8 Å². The molecule has 4 heteroatoms. The first kappa shape index (κ1) is 12.7. The molecule has 0 aromatic heterocycles. The number of hydrogen-bond donors (Lipinski definition) is 2. The van der Waals surface area contributed by atoms with Crippen LogP contribution in [0.2, 0.25) is 0 Å². The number of hydrogen-bond acceptors (Lipinski definition) is 2. The largest absolute Gasteiger partial charge is 0.481 e. The van der Waals surface area contributed by atoms with E-state index in [0.29, 0.717) is 0 Å². The van der Waals surface area contributed by atoms with Crippen molar-refractivity contribution in [1.82, 2.24) is 0 Å². The fraction of sp³-hybridized carbons (Fsp3) is 0.667. The third kappa shape index (κ3) is 3.08. The molecule has 1 atom stereocenters. The molecule has 0 heterocycles. The van der Waals surface area contributed by atoms with Gasteiger partial charge in [0.25, 0.3) is 0 Å². The van der Waals surface area contributed by atoms with Gasteiger partial charge >= 0.3 is 11.9 Å². The first-order chi connectivity index (χ1) is 7.54. The van der Waals surface area contributed by atoms with Crippen LogP contribution >= 0.6 is 0 Å². The Kier molecular flexibility index (Phi) is 4.52. The van der Waals surface area contributed by atoms with Crippen molar-refractivity contribution < 1.29 is 19.8 Å². The van der Waals surface area contributed by atoms with Crippen molar-refractivity contribution in [2.24, 2.45) is 11.8 Å². The van der Waals surface area contributed by atoms with Gasteiger partial charge in [-0.2, -0.15) is 0 Å². The summed E-state index contributed by atoms with van der Waals surface area (Å²) in [5.74, 6) is -3.24. The molecular weight excluding hydrogens is 208 g/mol. The standard InChI is InChI=1S/C12H18O4/c1-8(11(13)14)10(12(15)16)9-6-4-2-3-5-7-9/h9-10H,1-7H2,(H,13,14)(H,15,16). The number of carbonyl (C=O) groups is 2. The Morgan fingerprint density at radius 2 is 1.56 bits per heavy atom. The number of carboxylic acids is 2. The van der Waals surface area contributed by atoms with E-state index in [2.05, 4.69) is 6.58 Å². The third-order valence-corrected chi connectivity index (χ3v) is 3.29. The smallest absolute Gasteiger partial charge is 0.331 e. The Morgan fingerprint density at radius 1 is 1.06 bits per heavy atom. The van der Waals surface area contributed by atoms with Crippen LogP contribution in [0.1, 0.15) is 38.5 Å². The maximum absolute atomic E-state index is 11.1. The molecule has 0 aromatic rings. The summed E-state index contributed by atoms with van der Waals surface area (Å²) in [5.41, 5.74) is -0.181. The minimum absolute atomic E-state index is 0.0661. The maximum Gasteiger partial charge on any atom is 0.331 e. The Bertz CT molecular complexity index is 287. The normalized spacial score (nSPS) is 19.8. The summed E-state index contributed by atoms with van der Waals surface area (Å²) in [4.78, 5) is 21.9. The lowest BCUT2D eigenvalue weighted by Gasteiger charge is -2.22. The highest BCUT2D eigenvalue weighted by molar-refractivity contribution is 5.93. The number of aliphatic carboxylic acids is 2. The fourth-order valence-electron chi connectivity index (χ4n) is 2.41. The van der Waals surface area contributed by atoms with Crippen molar-refractivity contribution in [2.45, 2.75) is 38.5 Å². The predicted octanol–water partition coefficient (Wildman–Crippen LogP) is 2.30. The molecule has 1 aliphatic carbocycles. The van der Waals surface area contributed by atoms with Crippen molar-refractivity contribution in [1.29, 1.82) is 0 Å². The topological polar surface area (TPSA) is 74.6 Å². The van der Waals surface area contributed by atoms with E-state index in [1.165, 1.54) is 0 Å². The summed E-state index contributed by atoms with van der Waals surface area (Å²) in [6.45, 7) is 3.40. The zero-order valence-electron chi connectivity index (χ0n) is 9.32. The van der Waals surface area contributed by atoms with Gasteiger partial charge < -0.3 is 10.2 Å². The highest BCUT2D eigenvalue weighted by Gasteiger charge is 2.33. The monoisotopic (exact) mass is 226 g/mol. The molecule has 1 fully saturated rings. The highest BCUT2D eigenvalue weighted by Crippen LogP contribution is 2.32. The lowest BCUT2D eigenvalue weighted by Crippen LogP contribution is -2.28. The van der Waals surface area contributed by atoms with E-state index in [-0.39, 0.29) is 11.5 Å². The van der Waals surface area contributed by atoms with Gasteiger partial charge in [-0.3, -0.25) is 4.79 Å². The van der Waals surface area contributed by atoms with E-state index in [1.54, 1.807) is 0 Å². The second kappa shape index (κ2) is 5.68. The summed E-state index contributed by atoms with van der Waals surface area (Å²) >= 11 is 0. The SMILES string of the molecule is C=C(C(=O)O)C(C(=O)O)C1CCCCCC1. The molecule has 1 saturated carbocycles. The van der Waals surface area contributed by atoms with Gasteiger partial charge in [-0.25, -0.2) is 4.79 Å². The molecule has 0 saturated heterocycles. The molecular formula is C12H18O4. The van der Waals surface area contributed by atoms with Crippen molar-refractivity contribution in [3.8, 4) is 0 Å². The Labute approximate surface area is 95.0 Å². The van der Waals surface area contributed by atoms with E-state index in [4.69, 9.17) is 10.2 Å². The van der Waals surface area contributed by atoms with Gasteiger partial charge in [-0.1, -0.05) is 32.3 Å². The summed E-state index contributed by atoms with van der Waals surface area (Å²) in [6, 6.07) is 0. The van der Waals surface area contributed by atoms with Gasteiger partial charge in [-0.05, 0) is 18.8 Å². The van der Waals surface area contributed by atoms with E-state index < -0.39 is 17.9 Å². The molecule has 0 aromatic carbocycles. The van der Waals surface area contributed by atoms with Gasteiger partial charge in [0, 0.05) is 5.57 Å². The first-order valence-corrected chi connectivity index (χ1v) is 5.69. The average Bonchev–Trinajstić information content (AvgIpc) is 2.46. The van der Waals surface area contributed by atoms with Gasteiger partial charge in [-0.15, -0.1) is 0 Å². The van der Waals surface area contributed by atoms with Crippen LogP contribution in [0.25, 0.3) is 0 Å². The minimum Gasteiger partial charge on any atom is -0.481 e. The highest BCUT2D eigenvalue weighted by atomic mass is 16.4. The lowest BCUT2D eigenvalue weighted by molar-refractivity contribution is -0.145. The number of carboxylic acid groups (broad SMARTS) is 2. The van der Waals surface area contributed by atoms with Gasteiger partial charge in [0.15, 0.2) is 0 Å². The van der Waals surface area contributed by atoms with Crippen molar-refractivity contribution in [3.63, 3.8) is 0 Å². The van der Waals surface area contributed by atoms with E-state index >= 15 is 0 Å². The van der Waals surface area contributed by atoms with Crippen LogP contribution < -0.4 is 0 Å². The van der Waals surface area contributed by atoms with Crippen LogP contribution in [0.5, 0.6) is 0 Å². The van der Waals surface area contributed by atoms with E-state index in [0.717, 1.165) is 38.5 Å². The molecule has 0 spiro atoms. The molecule has 90 valence electrons. The van der Waals surface area contributed by atoms with Crippen LogP contribution in [-0.4, -0.2) is 22.2 Å². The van der Waals surface area contributed by atoms with Crippen LogP contribution in [-0.2, 0) is 9.59 Å². The summed E-state index contributed by atoms with van der Waals surface area (Å²) in [5, 5.41) is 18.0.